The Hall–Kier alpha value is -1.26. The molecule has 4 nitrogen and oxygen atoms in total. The molecular formula is C17H29ClN2O2. The van der Waals surface area contributed by atoms with E-state index < -0.39 is 0 Å². The van der Waals surface area contributed by atoms with Gasteiger partial charge in [0.05, 0.1) is 7.11 Å². The molecule has 0 aliphatic heterocycles. The number of carbonyl (C=O) groups is 1. The first-order chi connectivity index (χ1) is 9.97. The Kier molecular flexibility index (Phi) is 9.86. The van der Waals surface area contributed by atoms with Gasteiger partial charge in [-0.2, -0.15) is 0 Å². The van der Waals surface area contributed by atoms with Gasteiger partial charge in [-0.3, -0.25) is 4.79 Å². The fourth-order valence-corrected chi connectivity index (χ4v) is 2.44. The summed E-state index contributed by atoms with van der Waals surface area (Å²) in [6.45, 7) is 6.78. The van der Waals surface area contributed by atoms with Gasteiger partial charge in [-0.05, 0) is 51.3 Å². The van der Waals surface area contributed by atoms with Crippen molar-refractivity contribution in [2.45, 2.75) is 52.1 Å². The van der Waals surface area contributed by atoms with Gasteiger partial charge >= 0.3 is 0 Å². The summed E-state index contributed by atoms with van der Waals surface area (Å²) in [5, 5.41) is 0. The third-order valence-corrected chi connectivity index (χ3v) is 3.70. The summed E-state index contributed by atoms with van der Waals surface area (Å²) in [7, 11) is 1.66. The molecule has 0 bridgehead atoms. The Morgan fingerprint density at radius 2 is 1.86 bits per heavy atom. The van der Waals surface area contributed by atoms with E-state index in [1.807, 2.05) is 30.9 Å². The number of hydrogen-bond acceptors (Lipinski definition) is 3. The summed E-state index contributed by atoms with van der Waals surface area (Å²) in [5.41, 5.74) is 6.94. The Balaban J connectivity index is 0.00000441. The highest BCUT2D eigenvalue weighted by atomic mass is 35.5. The summed E-state index contributed by atoms with van der Waals surface area (Å²) in [6.07, 6.45) is 2.12. The van der Waals surface area contributed by atoms with Crippen LogP contribution in [0.5, 0.6) is 5.75 Å². The number of likely N-dealkylation sites (N-methyl/N-ethyl adjacent to an activating group) is 1. The standard InChI is InChI=1S/C17H28N2O2.ClH/c1-5-19(17(20)11-6-13(2)18)14(3)12-15-7-9-16(21-4)10-8-15;/h7-10,13-14H,5-6,11-12,18H2,1-4H3;1H. The molecule has 1 aromatic carbocycles. The van der Waals surface area contributed by atoms with Crippen LogP contribution in [-0.2, 0) is 11.2 Å². The van der Waals surface area contributed by atoms with Crippen LogP contribution in [-0.4, -0.2) is 36.5 Å². The molecule has 0 radical (unpaired) electrons. The Bertz CT molecular complexity index is 435. The summed E-state index contributed by atoms with van der Waals surface area (Å²) in [6, 6.07) is 8.27. The first-order valence-electron chi connectivity index (χ1n) is 7.65. The van der Waals surface area contributed by atoms with Crippen molar-refractivity contribution in [1.29, 1.82) is 0 Å². The fourth-order valence-electron chi connectivity index (χ4n) is 2.44. The van der Waals surface area contributed by atoms with E-state index in [9.17, 15) is 4.79 Å². The maximum Gasteiger partial charge on any atom is 0.222 e. The zero-order valence-electron chi connectivity index (χ0n) is 14.0. The van der Waals surface area contributed by atoms with Gasteiger partial charge in [0, 0.05) is 25.0 Å². The zero-order valence-corrected chi connectivity index (χ0v) is 14.9. The average molecular weight is 329 g/mol. The minimum absolute atomic E-state index is 0. The number of ether oxygens (including phenoxy) is 1. The first-order valence-corrected chi connectivity index (χ1v) is 7.65. The van der Waals surface area contributed by atoms with E-state index in [-0.39, 0.29) is 30.4 Å². The fraction of sp³-hybridized carbons (Fsp3) is 0.588. The molecule has 22 heavy (non-hydrogen) atoms. The molecule has 0 aromatic heterocycles. The highest BCUT2D eigenvalue weighted by molar-refractivity contribution is 5.85. The van der Waals surface area contributed by atoms with Gasteiger partial charge in [0.2, 0.25) is 5.91 Å². The van der Waals surface area contributed by atoms with Crippen molar-refractivity contribution in [3.63, 3.8) is 0 Å². The van der Waals surface area contributed by atoms with Crippen molar-refractivity contribution in [2.24, 2.45) is 5.73 Å². The van der Waals surface area contributed by atoms with Gasteiger partial charge in [0.1, 0.15) is 5.75 Å². The van der Waals surface area contributed by atoms with Crippen LogP contribution in [0.15, 0.2) is 24.3 Å². The predicted molar refractivity (Wildman–Crippen MR) is 93.7 cm³/mol. The summed E-state index contributed by atoms with van der Waals surface area (Å²) in [4.78, 5) is 14.2. The Labute approximate surface area is 140 Å². The number of amides is 1. The lowest BCUT2D eigenvalue weighted by Crippen LogP contribution is -2.40. The molecule has 0 saturated carbocycles. The number of nitrogens with zero attached hydrogens (tertiary/aromatic N) is 1. The van der Waals surface area contributed by atoms with Crippen molar-refractivity contribution >= 4 is 18.3 Å². The molecule has 1 rings (SSSR count). The van der Waals surface area contributed by atoms with Crippen LogP contribution in [0.4, 0.5) is 0 Å². The van der Waals surface area contributed by atoms with E-state index in [4.69, 9.17) is 10.5 Å². The van der Waals surface area contributed by atoms with Crippen LogP contribution in [0.3, 0.4) is 0 Å². The third-order valence-electron chi connectivity index (χ3n) is 3.70. The van der Waals surface area contributed by atoms with Crippen molar-refractivity contribution < 1.29 is 9.53 Å². The number of rotatable bonds is 8. The lowest BCUT2D eigenvalue weighted by atomic mass is 10.0. The van der Waals surface area contributed by atoms with Crippen LogP contribution < -0.4 is 10.5 Å². The average Bonchev–Trinajstić information content (AvgIpc) is 2.46. The molecule has 2 N–H and O–H groups in total. The minimum Gasteiger partial charge on any atom is -0.497 e. The lowest BCUT2D eigenvalue weighted by Gasteiger charge is -2.28. The maximum absolute atomic E-state index is 12.3. The number of halogens is 1. The third kappa shape index (κ3) is 6.67. The smallest absolute Gasteiger partial charge is 0.222 e. The number of hydrogen-bond donors (Lipinski definition) is 1. The number of carbonyl (C=O) groups excluding carboxylic acids is 1. The molecule has 2 unspecified atom stereocenters. The van der Waals surface area contributed by atoms with E-state index in [1.54, 1.807) is 7.11 Å². The molecule has 1 aromatic rings. The molecule has 0 aliphatic carbocycles. The molecule has 1 amide bonds. The second-order valence-electron chi connectivity index (χ2n) is 5.60. The molecule has 0 fully saturated rings. The topological polar surface area (TPSA) is 55.6 Å². The zero-order chi connectivity index (χ0) is 15.8. The molecule has 5 heteroatoms. The highest BCUT2D eigenvalue weighted by Crippen LogP contribution is 2.15. The predicted octanol–water partition coefficient (Wildman–Crippen LogP) is 3.02. The minimum atomic E-state index is 0. The first kappa shape index (κ1) is 20.7. The quantitative estimate of drug-likeness (QED) is 0.798. The van der Waals surface area contributed by atoms with Crippen molar-refractivity contribution in [3.05, 3.63) is 29.8 Å². The normalized spacial score (nSPS) is 13.0. The monoisotopic (exact) mass is 328 g/mol. The van der Waals surface area contributed by atoms with Crippen molar-refractivity contribution in [3.8, 4) is 5.75 Å². The van der Waals surface area contributed by atoms with Crippen molar-refractivity contribution in [1.82, 2.24) is 4.90 Å². The van der Waals surface area contributed by atoms with Crippen LogP contribution in [0.25, 0.3) is 0 Å². The van der Waals surface area contributed by atoms with Crippen LogP contribution in [0.1, 0.15) is 39.2 Å². The van der Waals surface area contributed by atoms with Gasteiger partial charge in [-0.1, -0.05) is 12.1 Å². The van der Waals surface area contributed by atoms with Crippen LogP contribution >= 0.6 is 12.4 Å². The van der Waals surface area contributed by atoms with Gasteiger partial charge in [0.15, 0.2) is 0 Å². The van der Waals surface area contributed by atoms with Gasteiger partial charge < -0.3 is 15.4 Å². The van der Waals surface area contributed by atoms with Crippen molar-refractivity contribution in [2.75, 3.05) is 13.7 Å². The molecule has 126 valence electrons. The van der Waals surface area contributed by atoms with E-state index >= 15 is 0 Å². The number of benzene rings is 1. The van der Waals surface area contributed by atoms with E-state index in [0.717, 1.165) is 25.1 Å². The van der Waals surface area contributed by atoms with Crippen LogP contribution in [0, 0.1) is 0 Å². The van der Waals surface area contributed by atoms with Crippen LogP contribution in [0.2, 0.25) is 0 Å². The number of methoxy groups -OCH3 is 1. The maximum atomic E-state index is 12.3. The summed E-state index contributed by atoms with van der Waals surface area (Å²) in [5.74, 6) is 1.04. The second-order valence-corrected chi connectivity index (χ2v) is 5.60. The van der Waals surface area contributed by atoms with E-state index in [2.05, 4.69) is 19.1 Å². The number of nitrogens with two attached hydrogens (primary N) is 1. The van der Waals surface area contributed by atoms with Gasteiger partial charge in [-0.25, -0.2) is 0 Å². The largest absolute Gasteiger partial charge is 0.497 e. The molecule has 0 aliphatic rings. The molecule has 2 atom stereocenters. The molecule has 0 spiro atoms. The van der Waals surface area contributed by atoms with E-state index in [1.165, 1.54) is 5.56 Å². The molecule has 0 heterocycles. The molecule has 0 saturated heterocycles. The second kappa shape index (κ2) is 10.5. The molecular weight excluding hydrogens is 300 g/mol. The SMILES string of the molecule is CCN(C(=O)CCC(C)N)C(C)Cc1ccc(OC)cc1.Cl. The Morgan fingerprint density at radius 3 is 2.32 bits per heavy atom. The summed E-state index contributed by atoms with van der Waals surface area (Å²) >= 11 is 0. The Morgan fingerprint density at radius 1 is 1.27 bits per heavy atom. The lowest BCUT2D eigenvalue weighted by molar-refractivity contribution is -0.133. The van der Waals surface area contributed by atoms with Gasteiger partial charge in [-0.15, -0.1) is 12.4 Å². The summed E-state index contributed by atoms with van der Waals surface area (Å²) < 4.78 is 5.16. The highest BCUT2D eigenvalue weighted by Gasteiger charge is 2.18. The van der Waals surface area contributed by atoms with E-state index in [0.29, 0.717) is 6.42 Å². The van der Waals surface area contributed by atoms with Gasteiger partial charge in [0.25, 0.3) is 0 Å².